The van der Waals surface area contributed by atoms with Crippen molar-refractivity contribution >= 4 is 19.0 Å². The summed E-state index contributed by atoms with van der Waals surface area (Å²) in [5.74, 6) is 0. The zero-order chi connectivity index (χ0) is 8.91. The normalized spacial score (nSPS) is 15.0. The Hall–Kier alpha value is 0.314. The first-order chi connectivity index (χ1) is 5.16. The molecule has 0 aromatic heterocycles. The summed E-state index contributed by atoms with van der Waals surface area (Å²) in [6, 6.07) is 0. The number of hydrogen-bond donors (Lipinski definition) is 0. The Kier molecular flexibility index (Phi) is 5.19. The van der Waals surface area contributed by atoms with Crippen LogP contribution in [0.3, 0.4) is 0 Å². The summed E-state index contributed by atoms with van der Waals surface area (Å²) in [6.45, 7) is 2.05. The van der Waals surface area contributed by atoms with Crippen molar-refractivity contribution in [2.75, 3.05) is 21.3 Å². The first-order valence-electron chi connectivity index (χ1n) is 3.53. The van der Waals surface area contributed by atoms with E-state index in [9.17, 15) is 0 Å². The van der Waals surface area contributed by atoms with Gasteiger partial charge < -0.3 is 13.3 Å². The summed E-state index contributed by atoms with van der Waals surface area (Å²) in [6.07, 6.45) is 0.929. The highest BCUT2D eigenvalue weighted by Gasteiger charge is 2.43. The molecule has 3 nitrogen and oxygen atoms in total. The molecule has 65 valence electrons. The van der Waals surface area contributed by atoms with E-state index < -0.39 is 8.80 Å². The highest BCUT2D eigenvalue weighted by Crippen LogP contribution is 2.23. The van der Waals surface area contributed by atoms with Crippen LogP contribution in [0.2, 0.25) is 5.16 Å². The molecule has 0 amide bonds. The second-order valence-corrected chi connectivity index (χ2v) is 6.58. The van der Waals surface area contributed by atoms with Gasteiger partial charge in [-0.25, -0.2) is 0 Å². The molecule has 0 saturated carbocycles. The van der Waals surface area contributed by atoms with Crippen molar-refractivity contribution in [2.24, 2.45) is 0 Å². The monoisotopic (exact) mass is 191 g/mol. The lowest BCUT2D eigenvalue weighted by molar-refractivity contribution is 0.119. The van der Waals surface area contributed by atoms with Crippen LogP contribution >= 0.6 is 0 Å². The zero-order valence-electron chi connectivity index (χ0n) is 7.51. The smallest absolute Gasteiger partial charge is 0.377 e. The van der Waals surface area contributed by atoms with Crippen LogP contribution in [-0.4, -0.2) is 40.4 Å². The standard InChI is InChI=1S/C6H15O3Si2/c1-5-6(10)11(7-2,8-3)9-4/h6H,5H2,1-4H3. The van der Waals surface area contributed by atoms with Gasteiger partial charge in [0.2, 0.25) is 0 Å². The SMILES string of the molecule is CCC([Si])[Si](OC)(OC)OC. The van der Waals surface area contributed by atoms with Crippen LogP contribution in [0, 0.1) is 0 Å². The minimum Gasteiger partial charge on any atom is -0.377 e. The van der Waals surface area contributed by atoms with Crippen molar-refractivity contribution in [2.45, 2.75) is 18.5 Å². The van der Waals surface area contributed by atoms with Crippen LogP contribution < -0.4 is 0 Å². The van der Waals surface area contributed by atoms with Gasteiger partial charge in [-0.05, 0) is 0 Å². The second-order valence-electron chi connectivity index (χ2n) is 2.18. The number of hydrogen-bond acceptors (Lipinski definition) is 3. The molecule has 1 unspecified atom stereocenters. The van der Waals surface area contributed by atoms with Gasteiger partial charge in [0.1, 0.15) is 0 Å². The Labute approximate surface area is 72.8 Å². The van der Waals surface area contributed by atoms with Crippen molar-refractivity contribution < 1.29 is 13.3 Å². The molecule has 0 bridgehead atoms. The maximum absolute atomic E-state index is 5.23. The minimum atomic E-state index is -2.41. The molecule has 0 fully saturated rings. The van der Waals surface area contributed by atoms with Crippen molar-refractivity contribution in [1.82, 2.24) is 0 Å². The van der Waals surface area contributed by atoms with E-state index in [1.165, 1.54) is 0 Å². The maximum atomic E-state index is 5.23. The topological polar surface area (TPSA) is 27.7 Å². The third-order valence-corrected chi connectivity index (χ3v) is 6.13. The third kappa shape index (κ3) is 2.38. The minimum absolute atomic E-state index is 0.169. The van der Waals surface area contributed by atoms with Gasteiger partial charge in [-0.15, -0.1) is 0 Å². The van der Waals surface area contributed by atoms with Crippen LogP contribution in [-0.2, 0) is 13.3 Å². The van der Waals surface area contributed by atoms with Gasteiger partial charge in [0.05, 0.1) is 0 Å². The van der Waals surface area contributed by atoms with E-state index >= 15 is 0 Å². The Morgan fingerprint density at radius 3 is 1.64 bits per heavy atom. The lowest BCUT2D eigenvalue weighted by atomic mass is 10.6. The molecule has 1 atom stereocenters. The van der Waals surface area contributed by atoms with Gasteiger partial charge in [0, 0.05) is 36.7 Å². The molecule has 0 aliphatic carbocycles. The van der Waals surface area contributed by atoms with Gasteiger partial charge >= 0.3 is 8.80 Å². The fraction of sp³-hybridized carbons (Fsp3) is 1.00. The van der Waals surface area contributed by atoms with Crippen LogP contribution in [0.15, 0.2) is 0 Å². The molecule has 0 aliphatic rings. The predicted molar refractivity (Wildman–Crippen MR) is 46.6 cm³/mol. The highest BCUT2D eigenvalue weighted by atomic mass is 28.4. The van der Waals surface area contributed by atoms with E-state index in [1.807, 2.05) is 0 Å². The van der Waals surface area contributed by atoms with E-state index in [1.54, 1.807) is 21.3 Å². The van der Waals surface area contributed by atoms with E-state index in [0.29, 0.717) is 0 Å². The van der Waals surface area contributed by atoms with Crippen LogP contribution in [0.4, 0.5) is 0 Å². The van der Waals surface area contributed by atoms with E-state index in [4.69, 9.17) is 13.3 Å². The zero-order valence-corrected chi connectivity index (χ0v) is 9.51. The molecule has 0 rings (SSSR count). The van der Waals surface area contributed by atoms with E-state index in [0.717, 1.165) is 6.42 Å². The largest absolute Gasteiger partial charge is 0.499 e. The molecule has 0 heterocycles. The summed E-state index contributed by atoms with van der Waals surface area (Å²) in [4.78, 5) is 0. The molecule has 0 saturated heterocycles. The van der Waals surface area contributed by atoms with Gasteiger partial charge in [-0.2, -0.15) is 0 Å². The van der Waals surface area contributed by atoms with Crippen LogP contribution in [0.1, 0.15) is 13.3 Å². The molecule has 0 N–H and O–H groups in total. The molecule has 0 aliphatic heterocycles. The van der Waals surface area contributed by atoms with Crippen LogP contribution in [0.5, 0.6) is 0 Å². The predicted octanol–water partition coefficient (Wildman–Crippen LogP) is 0.771. The molecule has 5 heteroatoms. The summed E-state index contributed by atoms with van der Waals surface area (Å²) >= 11 is 0. The Balaban J connectivity index is 4.26. The van der Waals surface area contributed by atoms with Crippen molar-refractivity contribution in [3.63, 3.8) is 0 Å². The van der Waals surface area contributed by atoms with Gasteiger partial charge in [-0.3, -0.25) is 0 Å². The highest BCUT2D eigenvalue weighted by molar-refractivity contribution is 6.69. The number of rotatable bonds is 5. The van der Waals surface area contributed by atoms with E-state index in [2.05, 4.69) is 17.2 Å². The fourth-order valence-electron chi connectivity index (χ4n) is 0.927. The summed E-state index contributed by atoms with van der Waals surface area (Å²) in [5, 5.41) is 0.169. The van der Waals surface area contributed by atoms with Gasteiger partial charge in [0.25, 0.3) is 0 Å². The maximum Gasteiger partial charge on any atom is 0.499 e. The molecule has 0 aromatic carbocycles. The Bertz CT molecular complexity index is 97.7. The van der Waals surface area contributed by atoms with Crippen molar-refractivity contribution in [3.8, 4) is 0 Å². The summed E-state index contributed by atoms with van der Waals surface area (Å²) in [5.41, 5.74) is 0. The van der Waals surface area contributed by atoms with E-state index in [-0.39, 0.29) is 5.16 Å². The third-order valence-electron chi connectivity index (χ3n) is 1.69. The summed E-state index contributed by atoms with van der Waals surface area (Å²) in [7, 11) is 5.95. The van der Waals surface area contributed by atoms with Crippen molar-refractivity contribution in [1.29, 1.82) is 0 Å². The molecular formula is C6H15O3Si2. The second kappa shape index (κ2) is 5.05. The average Bonchev–Trinajstić information content (AvgIpc) is 2.08. The van der Waals surface area contributed by atoms with Gasteiger partial charge in [-0.1, -0.05) is 13.3 Å². The first kappa shape index (κ1) is 11.3. The lowest BCUT2D eigenvalue weighted by Crippen LogP contribution is -2.47. The first-order valence-corrected chi connectivity index (χ1v) is 5.91. The van der Waals surface area contributed by atoms with Crippen LogP contribution in [0.25, 0.3) is 0 Å². The average molecular weight is 191 g/mol. The molecule has 0 spiro atoms. The Morgan fingerprint density at radius 2 is 1.55 bits per heavy atom. The molecular weight excluding hydrogens is 176 g/mol. The fourth-order valence-corrected chi connectivity index (χ4v) is 3.84. The quantitative estimate of drug-likeness (QED) is 0.601. The van der Waals surface area contributed by atoms with Gasteiger partial charge in [0.15, 0.2) is 0 Å². The molecule has 3 radical (unpaired) electrons. The Morgan fingerprint density at radius 1 is 1.18 bits per heavy atom. The molecule has 11 heavy (non-hydrogen) atoms. The summed E-state index contributed by atoms with van der Waals surface area (Å²) < 4.78 is 15.7. The lowest BCUT2D eigenvalue weighted by Gasteiger charge is -2.29. The van der Waals surface area contributed by atoms with Crippen molar-refractivity contribution in [3.05, 3.63) is 0 Å². The molecule has 0 aromatic rings.